The van der Waals surface area contributed by atoms with Crippen molar-refractivity contribution in [2.75, 3.05) is 0 Å². The van der Waals surface area contributed by atoms with Gasteiger partial charge in [0.05, 0.1) is 12.6 Å². The molecule has 20 heavy (non-hydrogen) atoms. The van der Waals surface area contributed by atoms with Gasteiger partial charge in [0.15, 0.2) is 0 Å². The van der Waals surface area contributed by atoms with Crippen LogP contribution in [0.15, 0.2) is 41.8 Å². The number of nitriles is 1. The number of nitrogens with one attached hydrogen (secondary N) is 1. The molecule has 1 aromatic heterocycles. The van der Waals surface area contributed by atoms with Crippen LogP contribution in [0.5, 0.6) is 0 Å². The summed E-state index contributed by atoms with van der Waals surface area (Å²) >= 11 is 1.62. The van der Waals surface area contributed by atoms with Crippen molar-refractivity contribution in [2.45, 2.75) is 19.9 Å². The largest absolute Gasteiger partial charge is 0.350 e. The van der Waals surface area contributed by atoms with Gasteiger partial charge >= 0.3 is 0 Å². The molecule has 0 bridgehead atoms. The SMILES string of the molecule is Cc1ccsc1CNC(=O)C(C#N)Cc1ccccc1. The number of amides is 1. The quantitative estimate of drug-likeness (QED) is 0.917. The molecule has 102 valence electrons. The smallest absolute Gasteiger partial charge is 0.237 e. The Morgan fingerprint density at radius 1 is 1.35 bits per heavy atom. The Hall–Kier alpha value is -2.12. The van der Waals surface area contributed by atoms with E-state index in [0.717, 1.165) is 10.4 Å². The first kappa shape index (κ1) is 14.3. The summed E-state index contributed by atoms with van der Waals surface area (Å²) < 4.78 is 0. The monoisotopic (exact) mass is 284 g/mol. The van der Waals surface area contributed by atoms with Crippen molar-refractivity contribution < 1.29 is 4.79 Å². The minimum absolute atomic E-state index is 0.204. The zero-order valence-electron chi connectivity index (χ0n) is 11.3. The zero-order valence-corrected chi connectivity index (χ0v) is 12.1. The van der Waals surface area contributed by atoms with E-state index in [1.165, 1.54) is 5.56 Å². The van der Waals surface area contributed by atoms with Crippen molar-refractivity contribution in [3.05, 3.63) is 57.8 Å². The van der Waals surface area contributed by atoms with Gasteiger partial charge in [-0.1, -0.05) is 30.3 Å². The number of nitrogens with zero attached hydrogens (tertiary/aromatic N) is 1. The minimum Gasteiger partial charge on any atom is -0.350 e. The predicted molar refractivity (Wildman–Crippen MR) is 80.2 cm³/mol. The Kier molecular flexibility index (Phi) is 4.91. The molecule has 1 amide bonds. The molecule has 4 heteroatoms. The molecule has 1 N–H and O–H groups in total. The van der Waals surface area contributed by atoms with Gasteiger partial charge in [0.2, 0.25) is 5.91 Å². The maximum absolute atomic E-state index is 12.1. The molecular formula is C16H16N2OS. The highest BCUT2D eigenvalue weighted by Gasteiger charge is 2.18. The average Bonchev–Trinajstić information content (AvgIpc) is 2.88. The molecule has 0 radical (unpaired) electrons. The molecule has 1 aromatic carbocycles. The van der Waals surface area contributed by atoms with E-state index in [9.17, 15) is 4.79 Å². The number of carbonyl (C=O) groups excluding carboxylic acids is 1. The van der Waals surface area contributed by atoms with Crippen molar-refractivity contribution >= 4 is 17.2 Å². The van der Waals surface area contributed by atoms with Crippen LogP contribution < -0.4 is 5.32 Å². The Bertz CT molecular complexity index is 613. The zero-order chi connectivity index (χ0) is 14.4. The number of benzene rings is 1. The normalized spacial score (nSPS) is 11.6. The van der Waals surface area contributed by atoms with E-state index in [4.69, 9.17) is 5.26 Å². The van der Waals surface area contributed by atoms with E-state index >= 15 is 0 Å². The highest BCUT2D eigenvalue weighted by atomic mass is 32.1. The summed E-state index contributed by atoms with van der Waals surface area (Å²) in [5.41, 5.74) is 2.17. The molecule has 0 aliphatic heterocycles. The fraction of sp³-hybridized carbons (Fsp3) is 0.250. The van der Waals surface area contributed by atoms with Crippen molar-refractivity contribution in [2.24, 2.45) is 5.92 Å². The first-order chi connectivity index (χ1) is 9.70. The van der Waals surface area contributed by atoms with E-state index in [1.807, 2.05) is 48.7 Å². The van der Waals surface area contributed by atoms with Crippen molar-refractivity contribution in [3.8, 4) is 6.07 Å². The standard InChI is InChI=1S/C16H16N2OS/c1-12-7-8-20-15(12)11-18-16(19)14(10-17)9-13-5-3-2-4-6-13/h2-8,14H,9,11H2,1H3,(H,18,19). The summed E-state index contributed by atoms with van der Waals surface area (Å²) in [6, 6.07) is 13.7. The maximum atomic E-state index is 12.1. The van der Waals surface area contributed by atoms with Crippen molar-refractivity contribution in [1.82, 2.24) is 5.32 Å². The lowest BCUT2D eigenvalue weighted by Crippen LogP contribution is -2.30. The van der Waals surface area contributed by atoms with E-state index < -0.39 is 5.92 Å². The van der Waals surface area contributed by atoms with Crippen LogP contribution in [0.4, 0.5) is 0 Å². The van der Waals surface area contributed by atoms with Crippen LogP contribution in [-0.4, -0.2) is 5.91 Å². The molecule has 1 atom stereocenters. The second-order valence-corrected chi connectivity index (χ2v) is 5.62. The van der Waals surface area contributed by atoms with Gasteiger partial charge in [-0.2, -0.15) is 5.26 Å². The summed E-state index contributed by atoms with van der Waals surface area (Å²) in [6.07, 6.45) is 0.451. The molecule has 3 nitrogen and oxygen atoms in total. The Morgan fingerprint density at radius 2 is 2.10 bits per heavy atom. The van der Waals surface area contributed by atoms with Gasteiger partial charge in [0.25, 0.3) is 0 Å². The highest BCUT2D eigenvalue weighted by molar-refractivity contribution is 7.10. The lowest BCUT2D eigenvalue weighted by molar-refractivity contribution is -0.123. The van der Waals surface area contributed by atoms with Crippen LogP contribution >= 0.6 is 11.3 Å². The van der Waals surface area contributed by atoms with Gasteiger partial charge in [-0.3, -0.25) is 4.79 Å². The number of carbonyl (C=O) groups is 1. The van der Waals surface area contributed by atoms with E-state index in [0.29, 0.717) is 13.0 Å². The first-order valence-electron chi connectivity index (χ1n) is 6.45. The van der Waals surface area contributed by atoms with Gasteiger partial charge in [0, 0.05) is 4.88 Å². The molecule has 0 aliphatic rings. The summed E-state index contributed by atoms with van der Waals surface area (Å²) in [4.78, 5) is 13.2. The molecule has 0 spiro atoms. The third kappa shape index (κ3) is 3.69. The van der Waals surface area contributed by atoms with E-state index in [-0.39, 0.29) is 5.91 Å². The van der Waals surface area contributed by atoms with Gasteiger partial charge < -0.3 is 5.32 Å². The van der Waals surface area contributed by atoms with Crippen molar-refractivity contribution in [1.29, 1.82) is 5.26 Å². The van der Waals surface area contributed by atoms with Gasteiger partial charge in [-0.25, -0.2) is 0 Å². The summed E-state index contributed by atoms with van der Waals surface area (Å²) in [5, 5.41) is 14.0. The van der Waals surface area contributed by atoms with Crippen LogP contribution in [0, 0.1) is 24.2 Å². The number of aryl methyl sites for hydroxylation is 1. The number of hydrogen-bond donors (Lipinski definition) is 1. The van der Waals surface area contributed by atoms with Crippen molar-refractivity contribution in [3.63, 3.8) is 0 Å². The van der Waals surface area contributed by atoms with Crippen LogP contribution in [0.25, 0.3) is 0 Å². The second-order valence-electron chi connectivity index (χ2n) is 4.62. The number of rotatable bonds is 5. The third-order valence-corrected chi connectivity index (χ3v) is 4.17. The Morgan fingerprint density at radius 3 is 2.70 bits per heavy atom. The molecule has 1 unspecified atom stereocenters. The molecule has 0 fully saturated rings. The first-order valence-corrected chi connectivity index (χ1v) is 7.33. The molecule has 0 saturated heterocycles. The number of hydrogen-bond acceptors (Lipinski definition) is 3. The molecule has 2 aromatic rings. The molecular weight excluding hydrogens is 268 g/mol. The van der Waals surface area contributed by atoms with Crippen LogP contribution in [-0.2, 0) is 17.8 Å². The second kappa shape index (κ2) is 6.88. The van der Waals surface area contributed by atoms with Gasteiger partial charge in [-0.15, -0.1) is 11.3 Å². The van der Waals surface area contributed by atoms with E-state index in [2.05, 4.69) is 11.4 Å². The van der Waals surface area contributed by atoms with E-state index in [1.54, 1.807) is 11.3 Å². The Balaban J connectivity index is 1.93. The lowest BCUT2D eigenvalue weighted by atomic mass is 10.00. The fourth-order valence-corrected chi connectivity index (χ4v) is 2.77. The topological polar surface area (TPSA) is 52.9 Å². The number of thiophene rings is 1. The minimum atomic E-state index is -0.641. The summed E-state index contributed by atoms with van der Waals surface area (Å²) in [5.74, 6) is -0.846. The molecule has 0 aliphatic carbocycles. The maximum Gasteiger partial charge on any atom is 0.237 e. The fourth-order valence-electron chi connectivity index (χ4n) is 1.92. The highest BCUT2D eigenvalue weighted by Crippen LogP contribution is 2.15. The predicted octanol–water partition coefficient (Wildman–Crippen LogP) is 3.06. The summed E-state index contributed by atoms with van der Waals surface area (Å²) in [6.45, 7) is 2.51. The lowest BCUT2D eigenvalue weighted by Gasteiger charge is -2.10. The third-order valence-electron chi connectivity index (χ3n) is 3.15. The van der Waals surface area contributed by atoms with Gasteiger partial charge in [0.1, 0.15) is 5.92 Å². The molecule has 0 saturated carbocycles. The average molecular weight is 284 g/mol. The van der Waals surface area contributed by atoms with Crippen LogP contribution in [0.2, 0.25) is 0 Å². The summed E-state index contributed by atoms with van der Waals surface area (Å²) in [7, 11) is 0. The van der Waals surface area contributed by atoms with Crippen LogP contribution in [0.1, 0.15) is 16.0 Å². The van der Waals surface area contributed by atoms with Crippen LogP contribution in [0.3, 0.4) is 0 Å². The molecule has 2 rings (SSSR count). The molecule has 1 heterocycles. The van der Waals surface area contributed by atoms with Gasteiger partial charge in [-0.05, 0) is 35.9 Å². The Labute approximate surface area is 122 Å².